The fraction of sp³-hybridized carbons (Fsp3) is 0. The first kappa shape index (κ1) is 10.9. The molecule has 0 spiro atoms. The van der Waals surface area contributed by atoms with Crippen LogP contribution in [0.15, 0.2) is 0 Å². The van der Waals surface area contributed by atoms with Crippen LogP contribution < -0.4 is 0 Å². The van der Waals surface area contributed by atoms with Crippen molar-refractivity contribution in [1.82, 2.24) is 0 Å². The number of hydrogen-bond acceptors (Lipinski definition) is 3. The number of carbonyl (C=O) groups excluding carboxylic acids is 3. The molecule has 5 heteroatoms. The molecule has 0 rings (SSSR count). The van der Waals surface area contributed by atoms with Gasteiger partial charge in [-0.15, -0.1) is 0 Å². The molecule has 0 aliphatic rings. The van der Waals surface area contributed by atoms with E-state index in [4.69, 9.17) is 0 Å². The Balaban J connectivity index is 0. The van der Waals surface area contributed by atoms with Gasteiger partial charge in [0.2, 0.25) is 0 Å². The van der Waals surface area contributed by atoms with Gasteiger partial charge < -0.3 is 0 Å². The summed E-state index contributed by atoms with van der Waals surface area (Å²) < 4.78 is 3.74. The molecule has 0 heterocycles. The largest absolute Gasteiger partial charge is 0 e. The van der Waals surface area contributed by atoms with E-state index in [9.17, 15) is 14.4 Å². The molecule has 0 aromatic rings. The van der Waals surface area contributed by atoms with Crippen LogP contribution in [0.3, 0.4) is 0 Å². The van der Waals surface area contributed by atoms with Crippen LogP contribution in [0.2, 0.25) is 0 Å². The minimum Gasteiger partial charge on any atom is 0 e. The van der Waals surface area contributed by atoms with Crippen LogP contribution in [0.4, 0.5) is 0 Å². The average molecular weight is 286 g/mol. The summed E-state index contributed by atoms with van der Waals surface area (Å²) in [6, 6.07) is 0. The summed E-state index contributed by atoms with van der Waals surface area (Å²) in [7, 11) is 0. The van der Waals surface area contributed by atoms with Gasteiger partial charge in [0.15, 0.2) is 0 Å². The molecule has 0 saturated heterocycles. The third-order valence-corrected chi connectivity index (χ3v) is 1.28. The molecule has 0 bridgehead atoms. The van der Waals surface area contributed by atoms with Crippen LogP contribution in [-0.2, 0) is 48.5 Å². The van der Waals surface area contributed by atoms with Crippen molar-refractivity contribution in [1.29, 1.82) is 0 Å². The summed E-state index contributed by atoms with van der Waals surface area (Å²) in [5.74, 6) is 0. The molecule has 0 amide bonds. The van der Waals surface area contributed by atoms with Crippen LogP contribution >= 0.6 is 0 Å². The first-order chi connectivity index (χ1) is 3.35. The standard InChI is InChI=1S/3CO.2Ru/c3*1-2;;. The molecule has 0 aliphatic heterocycles. The summed E-state index contributed by atoms with van der Waals surface area (Å²) in [5.41, 5.74) is 0. The number of hydrogen-bond donors (Lipinski definition) is 0. The zero-order valence-corrected chi connectivity index (χ0v) is 6.91. The Morgan fingerprint density at radius 2 is 1.12 bits per heavy atom. The second-order valence-electron chi connectivity index (χ2n) is 0.482. The van der Waals surface area contributed by atoms with E-state index in [-0.39, 0.29) is 19.5 Å². The van der Waals surface area contributed by atoms with E-state index in [1.54, 1.807) is 0 Å². The van der Waals surface area contributed by atoms with Crippen LogP contribution in [-0.4, -0.2) is 13.4 Å². The molecule has 46 valence electrons. The molecule has 0 atom stereocenters. The van der Waals surface area contributed by atoms with E-state index in [1.807, 2.05) is 0 Å². The van der Waals surface area contributed by atoms with Gasteiger partial charge in [-0.25, -0.2) is 0 Å². The molecule has 0 fully saturated rings. The summed E-state index contributed by atoms with van der Waals surface area (Å²) in [5, 5.41) is 0. The van der Waals surface area contributed by atoms with E-state index < -0.39 is 14.6 Å². The van der Waals surface area contributed by atoms with Gasteiger partial charge in [-0.1, -0.05) is 0 Å². The zero-order chi connectivity index (χ0) is 5.70. The minimum atomic E-state index is -2.62. The third kappa shape index (κ3) is 4.15. The van der Waals surface area contributed by atoms with Crippen molar-refractivity contribution in [2.24, 2.45) is 0 Å². The van der Waals surface area contributed by atoms with Gasteiger partial charge in [0.05, 0.1) is 0 Å². The summed E-state index contributed by atoms with van der Waals surface area (Å²) >= 11 is -2.62. The van der Waals surface area contributed by atoms with Crippen LogP contribution in [0, 0.1) is 0 Å². The molecule has 3 nitrogen and oxygen atoms in total. The predicted molar refractivity (Wildman–Crippen MR) is 17.1 cm³/mol. The normalized spacial score (nSPS) is 5.62. The number of rotatable bonds is 0. The van der Waals surface area contributed by atoms with Gasteiger partial charge in [0.1, 0.15) is 0 Å². The molecular weight excluding hydrogens is 286 g/mol. The van der Waals surface area contributed by atoms with Gasteiger partial charge >= 0.3 is 42.4 Å². The molecule has 0 aliphatic carbocycles. The van der Waals surface area contributed by atoms with E-state index >= 15 is 0 Å². The van der Waals surface area contributed by atoms with E-state index in [1.165, 1.54) is 13.4 Å². The van der Waals surface area contributed by atoms with Crippen molar-refractivity contribution in [3.05, 3.63) is 0 Å². The van der Waals surface area contributed by atoms with E-state index in [0.29, 0.717) is 0 Å². The fourth-order valence-electron chi connectivity index (χ4n) is 0.0442. The van der Waals surface area contributed by atoms with E-state index in [0.717, 1.165) is 0 Å². The van der Waals surface area contributed by atoms with Crippen molar-refractivity contribution in [2.45, 2.75) is 0 Å². The Kier molecular flexibility index (Phi) is 9.50. The quantitative estimate of drug-likeness (QED) is 0.526. The van der Waals surface area contributed by atoms with Crippen LogP contribution in [0.25, 0.3) is 0 Å². The maximum Gasteiger partial charge on any atom is 0 e. The summed E-state index contributed by atoms with van der Waals surface area (Å²) in [4.78, 5) is 28.1. The molecule has 0 aromatic heterocycles. The molecule has 0 radical (unpaired) electrons. The molecule has 0 aromatic carbocycles. The molecule has 8 heavy (non-hydrogen) atoms. The molecule has 0 saturated carbocycles. The first-order valence-electron chi connectivity index (χ1n) is 1.14. The Bertz CT molecular complexity index is 211. The SMILES string of the molecule is O=[C]=[Ru](=[C]=O)=[C]=O.[Ru]. The van der Waals surface area contributed by atoms with Crippen molar-refractivity contribution in [3.8, 4) is 0 Å². The van der Waals surface area contributed by atoms with Gasteiger partial charge in [0, 0.05) is 19.5 Å². The van der Waals surface area contributed by atoms with Gasteiger partial charge in [-0.3, -0.25) is 0 Å². The monoisotopic (exact) mass is 288 g/mol. The van der Waals surface area contributed by atoms with Crippen molar-refractivity contribution < 1.29 is 48.5 Å². The second kappa shape index (κ2) is 6.99. The van der Waals surface area contributed by atoms with Crippen molar-refractivity contribution in [2.75, 3.05) is 0 Å². The maximum atomic E-state index is 9.38. The van der Waals surface area contributed by atoms with Gasteiger partial charge in [-0.2, -0.15) is 0 Å². The van der Waals surface area contributed by atoms with Crippen LogP contribution in [0.1, 0.15) is 0 Å². The summed E-state index contributed by atoms with van der Waals surface area (Å²) in [6.45, 7) is 0. The summed E-state index contributed by atoms with van der Waals surface area (Å²) in [6.07, 6.45) is 0. The van der Waals surface area contributed by atoms with Crippen molar-refractivity contribution >= 4 is 13.4 Å². The molecule has 0 unspecified atom stereocenters. The van der Waals surface area contributed by atoms with Crippen LogP contribution in [0.5, 0.6) is 0 Å². The van der Waals surface area contributed by atoms with Crippen molar-refractivity contribution in [3.63, 3.8) is 0 Å². The molecule has 0 N–H and O–H groups in total. The minimum absolute atomic E-state index is 0. The Morgan fingerprint density at radius 1 is 0.875 bits per heavy atom. The van der Waals surface area contributed by atoms with Gasteiger partial charge in [0.25, 0.3) is 0 Å². The Hall–Kier alpha value is -0.0132. The third-order valence-electron chi connectivity index (χ3n) is 0.217. The fourth-order valence-corrected chi connectivity index (χ4v) is 0.261. The van der Waals surface area contributed by atoms with E-state index in [2.05, 4.69) is 0 Å². The Labute approximate surface area is 61.9 Å². The topological polar surface area (TPSA) is 51.2 Å². The maximum absolute atomic E-state index is 9.38. The smallest absolute Gasteiger partial charge is 0 e. The molecular formula is C3O3Ru2. The van der Waals surface area contributed by atoms with Gasteiger partial charge in [-0.05, 0) is 0 Å². The zero-order valence-electron chi connectivity index (χ0n) is 3.43. The first-order valence-corrected chi connectivity index (χ1v) is 3.75. The average Bonchev–Trinajstić information content (AvgIpc) is 1.72. The predicted octanol–water partition coefficient (Wildman–Crippen LogP) is -1.20. The second-order valence-corrected chi connectivity index (χ2v) is 2.85. The Morgan fingerprint density at radius 3 is 1.12 bits per heavy atom.